The normalized spacial score (nSPS) is 10.5. The molecule has 0 unspecified atom stereocenters. The van der Waals surface area contributed by atoms with Crippen molar-refractivity contribution in [2.75, 3.05) is 6.54 Å². The zero-order chi connectivity index (χ0) is 13.8. The highest BCUT2D eigenvalue weighted by Crippen LogP contribution is 2.30. The van der Waals surface area contributed by atoms with E-state index in [0.29, 0.717) is 18.7 Å². The molecule has 2 aromatic rings. The van der Waals surface area contributed by atoms with Gasteiger partial charge in [0.2, 0.25) is 0 Å². The van der Waals surface area contributed by atoms with Crippen LogP contribution in [0.2, 0.25) is 0 Å². The van der Waals surface area contributed by atoms with E-state index < -0.39 is 0 Å². The first-order chi connectivity index (χ1) is 9.10. The quantitative estimate of drug-likeness (QED) is 0.915. The Hall–Kier alpha value is -1.39. The van der Waals surface area contributed by atoms with Crippen LogP contribution in [-0.4, -0.2) is 6.54 Å². The first-order valence-corrected chi connectivity index (χ1v) is 6.82. The number of hydrogen-bond acceptors (Lipinski definition) is 2. The Morgan fingerprint density at radius 3 is 2.58 bits per heavy atom. The number of rotatable bonds is 4. The summed E-state index contributed by atoms with van der Waals surface area (Å²) in [5.74, 6) is 1.13. The fraction of sp³-hybridized carbons (Fsp3) is 0.200. The molecular formula is C15H15BrFNO. The predicted octanol–water partition coefficient (Wildman–Crippen LogP) is 4.19. The van der Waals surface area contributed by atoms with E-state index in [1.54, 1.807) is 6.07 Å². The average molecular weight is 324 g/mol. The fourth-order valence-corrected chi connectivity index (χ4v) is 2.32. The molecule has 0 saturated heterocycles. The molecule has 0 amide bonds. The van der Waals surface area contributed by atoms with Gasteiger partial charge in [0.05, 0.1) is 0 Å². The summed E-state index contributed by atoms with van der Waals surface area (Å²) in [4.78, 5) is 0. The van der Waals surface area contributed by atoms with Crippen LogP contribution >= 0.6 is 15.9 Å². The molecule has 0 saturated carbocycles. The van der Waals surface area contributed by atoms with E-state index in [1.807, 2.05) is 25.1 Å². The van der Waals surface area contributed by atoms with E-state index in [4.69, 9.17) is 10.5 Å². The second-order valence-electron chi connectivity index (χ2n) is 4.30. The molecule has 2 N–H and O–H groups in total. The molecule has 0 spiro atoms. The van der Waals surface area contributed by atoms with Crippen LogP contribution in [0, 0.1) is 12.7 Å². The van der Waals surface area contributed by atoms with E-state index >= 15 is 0 Å². The molecule has 0 atom stereocenters. The zero-order valence-corrected chi connectivity index (χ0v) is 12.2. The van der Waals surface area contributed by atoms with Crippen molar-refractivity contribution < 1.29 is 9.13 Å². The Balaban J connectivity index is 2.32. The van der Waals surface area contributed by atoms with E-state index in [9.17, 15) is 4.39 Å². The maximum atomic E-state index is 13.2. The second kappa shape index (κ2) is 6.17. The summed E-state index contributed by atoms with van der Waals surface area (Å²) in [7, 11) is 0. The molecule has 0 fully saturated rings. The molecule has 2 aromatic carbocycles. The molecule has 0 aromatic heterocycles. The lowest BCUT2D eigenvalue weighted by Crippen LogP contribution is -2.04. The van der Waals surface area contributed by atoms with Gasteiger partial charge in [0.15, 0.2) is 0 Å². The monoisotopic (exact) mass is 323 g/mol. The molecule has 2 nitrogen and oxygen atoms in total. The summed E-state index contributed by atoms with van der Waals surface area (Å²) in [5, 5.41) is 0. The largest absolute Gasteiger partial charge is 0.457 e. The SMILES string of the molecule is Cc1cc(Br)ccc1Oc1ccc(F)cc1CCN. The summed E-state index contributed by atoms with van der Waals surface area (Å²) in [5.41, 5.74) is 7.33. The summed E-state index contributed by atoms with van der Waals surface area (Å²) in [6.45, 7) is 2.42. The molecule has 4 heteroatoms. The molecule has 19 heavy (non-hydrogen) atoms. The Morgan fingerprint density at radius 2 is 1.89 bits per heavy atom. The van der Waals surface area contributed by atoms with Crippen molar-refractivity contribution in [3.8, 4) is 11.5 Å². The van der Waals surface area contributed by atoms with Gasteiger partial charge in [-0.25, -0.2) is 4.39 Å². The van der Waals surface area contributed by atoms with Gasteiger partial charge in [-0.2, -0.15) is 0 Å². The number of aryl methyl sites for hydroxylation is 1. The first kappa shape index (κ1) is 14.0. The van der Waals surface area contributed by atoms with Gasteiger partial charge in [0.1, 0.15) is 17.3 Å². The minimum Gasteiger partial charge on any atom is -0.457 e. The lowest BCUT2D eigenvalue weighted by Gasteiger charge is -2.13. The molecule has 0 aliphatic rings. The molecule has 2 rings (SSSR count). The fourth-order valence-electron chi connectivity index (χ4n) is 1.84. The van der Waals surface area contributed by atoms with E-state index in [2.05, 4.69) is 15.9 Å². The Kier molecular flexibility index (Phi) is 4.56. The van der Waals surface area contributed by atoms with Crippen molar-refractivity contribution in [1.29, 1.82) is 0 Å². The minimum absolute atomic E-state index is 0.275. The Labute approximate surface area is 120 Å². The molecular weight excluding hydrogens is 309 g/mol. The summed E-state index contributed by atoms with van der Waals surface area (Å²) < 4.78 is 20.1. The molecule has 0 heterocycles. The van der Waals surface area contributed by atoms with E-state index in [1.165, 1.54) is 12.1 Å². The highest BCUT2D eigenvalue weighted by Gasteiger charge is 2.08. The summed E-state index contributed by atoms with van der Waals surface area (Å²) in [6, 6.07) is 10.3. The van der Waals surface area contributed by atoms with Crippen LogP contribution in [-0.2, 0) is 6.42 Å². The third-order valence-corrected chi connectivity index (χ3v) is 3.29. The van der Waals surface area contributed by atoms with Crippen LogP contribution in [0.1, 0.15) is 11.1 Å². The smallest absolute Gasteiger partial charge is 0.130 e. The van der Waals surface area contributed by atoms with Gasteiger partial charge < -0.3 is 10.5 Å². The van der Waals surface area contributed by atoms with Crippen molar-refractivity contribution >= 4 is 15.9 Å². The van der Waals surface area contributed by atoms with Gasteiger partial charge in [-0.1, -0.05) is 15.9 Å². The van der Waals surface area contributed by atoms with Gasteiger partial charge in [0, 0.05) is 4.47 Å². The van der Waals surface area contributed by atoms with Crippen molar-refractivity contribution in [3.63, 3.8) is 0 Å². The van der Waals surface area contributed by atoms with Gasteiger partial charge >= 0.3 is 0 Å². The Morgan fingerprint density at radius 1 is 1.16 bits per heavy atom. The third-order valence-electron chi connectivity index (χ3n) is 2.79. The zero-order valence-electron chi connectivity index (χ0n) is 10.6. The summed E-state index contributed by atoms with van der Waals surface area (Å²) >= 11 is 3.41. The molecule has 0 aliphatic carbocycles. The molecule has 0 radical (unpaired) electrons. The standard InChI is InChI=1S/C15H15BrFNO/c1-10-8-12(16)2-4-14(10)19-15-5-3-13(17)9-11(15)6-7-18/h2-5,8-9H,6-7,18H2,1H3. The minimum atomic E-state index is -0.275. The number of halogens is 2. The first-order valence-electron chi connectivity index (χ1n) is 6.02. The number of benzene rings is 2. The van der Waals surface area contributed by atoms with Gasteiger partial charge in [0.25, 0.3) is 0 Å². The van der Waals surface area contributed by atoms with Gasteiger partial charge in [-0.05, 0) is 67.4 Å². The molecule has 0 bridgehead atoms. The number of ether oxygens (including phenoxy) is 1. The third kappa shape index (κ3) is 3.55. The lowest BCUT2D eigenvalue weighted by molar-refractivity contribution is 0.470. The van der Waals surface area contributed by atoms with Crippen LogP contribution in [0.15, 0.2) is 40.9 Å². The average Bonchev–Trinajstić information content (AvgIpc) is 2.36. The molecule has 100 valence electrons. The van der Waals surface area contributed by atoms with Crippen LogP contribution in [0.5, 0.6) is 11.5 Å². The van der Waals surface area contributed by atoms with Crippen molar-refractivity contribution in [3.05, 3.63) is 57.8 Å². The maximum Gasteiger partial charge on any atom is 0.130 e. The maximum absolute atomic E-state index is 13.2. The highest BCUT2D eigenvalue weighted by atomic mass is 79.9. The van der Waals surface area contributed by atoms with E-state index in [-0.39, 0.29) is 5.82 Å². The van der Waals surface area contributed by atoms with E-state index in [0.717, 1.165) is 21.3 Å². The van der Waals surface area contributed by atoms with Crippen LogP contribution in [0.25, 0.3) is 0 Å². The Bertz CT molecular complexity index is 586. The number of hydrogen-bond donors (Lipinski definition) is 1. The topological polar surface area (TPSA) is 35.2 Å². The number of nitrogens with two attached hydrogens (primary N) is 1. The van der Waals surface area contributed by atoms with Gasteiger partial charge in [-0.3, -0.25) is 0 Å². The van der Waals surface area contributed by atoms with Crippen LogP contribution < -0.4 is 10.5 Å². The van der Waals surface area contributed by atoms with Crippen molar-refractivity contribution in [1.82, 2.24) is 0 Å². The second-order valence-corrected chi connectivity index (χ2v) is 5.22. The molecule has 0 aliphatic heterocycles. The predicted molar refractivity (Wildman–Crippen MR) is 78.1 cm³/mol. The van der Waals surface area contributed by atoms with Crippen LogP contribution in [0.3, 0.4) is 0 Å². The summed E-state index contributed by atoms with van der Waals surface area (Å²) in [6.07, 6.45) is 0.586. The van der Waals surface area contributed by atoms with Crippen molar-refractivity contribution in [2.45, 2.75) is 13.3 Å². The lowest BCUT2D eigenvalue weighted by atomic mass is 10.1. The van der Waals surface area contributed by atoms with Crippen LogP contribution in [0.4, 0.5) is 4.39 Å². The van der Waals surface area contributed by atoms with Crippen molar-refractivity contribution in [2.24, 2.45) is 5.73 Å². The van der Waals surface area contributed by atoms with Gasteiger partial charge in [-0.15, -0.1) is 0 Å². The highest BCUT2D eigenvalue weighted by molar-refractivity contribution is 9.10.